The first-order valence-corrected chi connectivity index (χ1v) is 8.71. The predicted molar refractivity (Wildman–Crippen MR) is 94.0 cm³/mol. The highest BCUT2D eigenvalue weighted by atomic mass is 16.5. The summed E-state index contributed by atoms with van der Waals surface area (Å²) in [7, 11) is 1.54. The standard InChI is InChI=1S/C18H23N3O5/c1-25-14-4-2-13(3-5-14)21-17(23)15(20-18(21)24)10-16(22)19-11-12-6-8-26-9-7-12/h2-5,12,15H,6-11H2,1H3,(H,19,22)(H,20,24). The molecule has 8 heteroatoms. The van der Waals surface area contributed by atoms with Crippen LogP contribution in [0.2, 0.25) is 0 Å². The van der Waals surface area contributed by atoms with E-state index in [-0.39, 0.29) is 12.3 Å². The molecule has 1 aromatic rings. The van der Waals surface area contributed by atoms with Gasteiger partial charge in [-0.25, -0.2) is 9.69 Å². The minimum atomic E-state index is -0.848. The molecule has 0 radical (unpaired) electrons. The summed E-state index contributed by atoms with van der Waals surface area (Å²) < 4.78 is 10.4. The summed E-state index contributed by atoms with van der Waals surface area (Å²) in [5, 5.41) is 5.43. The van der Waals surface area contributed by atoms with E-state index >= 15 is 0 Å². The van der Waals surface area contributed by atoms with Gasteiger partial charge >= 0.3 is 6.03 Å². The maximum atomic E-state index is 12.5. The Morgan fingerprint density at radius 1 is 1.27 bits per heavy atom. The SMILES string of the molecule is COc1ccc(N2C(=O)NC(CC(=O)NCC3CCOCC3)C2=O)cc1. The molecule has 140 valence electrons. The Hall–Kier alpha value is -2.61. The van der Waals surface area contributed by atoms with Crippen LogP contribution in [0.25, 0.3) is 0 Å². The maximum Gasteiger partial charge on any atom is 0.329 e. The first-order valence-electron chi connectivity index (χ1n) is 8.71. The van der Waals surface area contributed by atoms with Crippen LogP contribution in [0.3, 0.4) is 0 Å². The summed E-state index contributed by atoms with van der Waals surface area (Å²) in [4.78, 5) is 37.9. The molecule has 1 atom stereocenters. The highest BCUT2D eigenvalue weighted by Crippen LogP contribution is 2.23. The van der Waals surface area contributed by atoms with Crippen LogP contribution >= 0.6 is 0 Å². The van der Waals surface area contributed by atoms with E-state index in [0.717, 1.165) is 17.7 Å². The third-order valence-electron chi connectivity index (χ3n) is 4.67. The van der Waals surface area contributed by atoms with Crippen LogP contribution in [0, 0.1) is 5.92 Å². The van der Waals surface area contributed by atoms with Crippen molar-refractivity contribution in [2.75, 3.05) is 31.8 Å². The van der Waals surface area contributed by atoms with Crippen LogP contribution in [0.4, 0.5) is 10.5 Å². The monoisotopic (exact) mass is 361 g/mol. The molecule has 3 rings (SSSR count). The number of methoxy groups -OCH3 is 1. The molecule has 2 N–H and O–H groups in total. The molecular weight excluding hydrogens is 338 g/mol. The molecule has 8 nitrogen and oxygen atoms in total. The lowest BCUT2D eigenvalue weighted by atomic mass is 10.0. The van der Waals surface area contributed by atoms with Crippen molar-refractivity contribution in [2.24, 2.45) is 5.92 Å². The zero-order chi connectivity index (χ0) is 18.5. The molecule has 2 fully saturated rings. The number of urea groups is 1. The van der Waals surface area contributed by atoms with Gasteiger partial charge in [-0.1, -0.05) is 0 Å². The average molecular weight is 361 g/mol. The Morgan fingerprint density at radius 3 is 2.62 bits per heavy atom. The summed E-state index contributed by atoms with van der Waals surface area (Å²) in [6.45, 7) is 2.00. The predicted octanol–water partition coefficient (Wildman–Crippen LogP) is 1.05. The van der Waals surface area contributed by atoms with Crippen LogP contribution in [-0.4, -0.2) is 50.8 Å². The molecule has 2 saturated heterocycles. The van der Waals surface area contributed by atoms with Gasteiger partial charge in [0, 0.05) is 19.8 Å². The minimum absolute atomic E-state index is 0.0690. The number of imide groups is 1. The smallest absolute Gasteiger partial charge is 0.329 e. The fourth-order valence-corrected chi connectivity index (χ4v) is 3.11. The van der Waals surface area contributed by atoms with Crippen molar-refractivity contribution in [3.05, 3.63) is 24.3 Å². The number of amides is 4. The second-order valence-corrected chi connectivity index (χ2v) is 6.44. The summed E-state index contributed by atoms with van der Waals surface area (Å²) in [5.41, 5.74) is 0.443. The number of anilines is 1. The van der Waals surface area contributed by atoms with Gasteiger partial charge in [-0.15, -0.1) is 0 Å². The van der Waals surface area contributed by atoms with Crippen molar-refractivity contribution in [1.29, 1.82) is 0 Å². The zero-order valence-electron chi connectivity index (χ0n) is 14.7. The Labute approximate surface area is 151 Å². The van der Waals surface area contributed by atoms with Crippen LogP contribution in [0.5, 0.6) is 5.75 Å². The van der Waals surface area contributed by atoms with Gasteiger partial charge in [0.05, 0.1) is 19.2 Å². The number of hydrogen-bond donors (Lipinski definition) is 2. The topological polar surface area (TPSA) is 97.0 Å². The highest BCUT2D eigenvalue weighted by Gasteiger charge is 2.40. The van der Waals surface area contributed by atoms with Crippen LogP contribution < -0.4 is 20.3 Å². The maximum absolute atomic E-state index is 12.5. The van der Waals surface area contributed by atoms with Crippen molar-refractivity contribution in [3.63, 3.8) is 0 Å². The minimum Gasteiger partial charge on any atom is -0.497 e. The number of rotatable bonds is 6. The summed E-state index contributed by atoms with van der Waals surface area (Å²) >= 11 is 0. The lowest BCUT2D eigenvalue weighted by Crippen LogP contribution is -2.38. The summed E-state index contributed by atoms with van der Waals surface area (Å²) in [6.07, 6.45) is 1.77. The van der Waals surface area contributed by atoms with Gasteiger partial charge in [0.15, 0.2) is 0 Å². The first kappa shape index (κ1) is 18.2. The van der Waals surface area contributed by atoms with Gasteiger partial charge in [0.25, 0.3) is 5.91 Å². The second-order valence-electron chi connectivity index (χ2n) is 6.44. The van der Waals surface area contributed by atoms with Crippen molar-refractivity contribution in [2.45, 2.75) is 25.3 Å². The van der Waals surface area contributed by atoms with Gasteiger partial charge in [0.2, 0.25) is 5.91 Å². The van der Waals surface area contributed by atoms with E-state index in [1.54, 1.807) is 24.3 Å². The first-order chi connectivity index (χ1) is 12.6. The second kappa shape index (κ2) is 8.18. The van der Waals surface area contributed by atoms with E-state index in [0.29, 0.717) is 37.1 Å². The summed E-state index contributed by atoms with van der Waals surface area (Å²) in [5.74, 6) is 0.357. The zero-order valence-corrected chi connectivity index (χ0v) is 14.7. The fourth-order valence-electron chi connectivity index (χ4n) is 3.11. The normalized spacial score (nSPS) is 20.8. The van der Waals surface area contributed by atoms with Crippen molar-refractivity contribution < 1.29 is 23.9 Å². The Morgan fingerprint density at radius 2 is 1.96 bits per heavy atom. The lowest BCUT2D eigenvalue weighted by Gasteiger charge is -2.22. The fraction of sp³-hybridized carbons (Fsp3) is 0.500. The van der Waals surface area contributed by atoms with Crippen molar-refractivity contribution in [3.8, 4) is 5.75 Å². The molecule has 2 aliphatic rings. The van der Waals surface area contributed by atoms with Crippen LogP contribution in [0.1, 0.15) is 19.3 Å². The molecular formula is C18H23N3O5. The van der Waals surface area contributed by atoms with E-state index in [9.17, 15) is 14.4 Å². The van der Waals surface area contributed by atoms with E-state index in [1.807, 2.05) is 0 Å². The van der Waals surface area contributed by atoms with E-state index in [4.69, 9.17) is 9.47 Å². The van der Waals surface area contributed by atoms with Crippen LogP contribution in [-0.2, 0) is 14.3 Å². The van der Waals surface area contributed by atoms with Gasteiger partial charge in [0.1, 0.15) is 11.8 Å². The molecule has 4 amide bonds. The Kier molecular flexibility index (Phi) is 5.72. The quantitative estimate of drug-likeness (QED) is 0.739. The number of carbonyl (C=O) groups excluding carboxylic acids is 3. The van der Waals surface area contributed by atoms with Gasteiger partial charge in [-0.3, -0.25) is 9.59 Å². The number of benzene rings is 1. The third kappa shape index (κ3) is 4.13. The molecule has 0 bridgehead atoms. The van der Waals surface area contributed by atoms with Crippen LogP contribution in [0.15, 0.2) is 24.3 Å². The van der Waals surface area contributed by atoms with Gasteiger partial charge in [-0.05, 0) is 43.0 Å². The van der Waals surface area contributed by atoms with Crippen molar-refractivity contribution in [1.82, 2.24) is 10.6 Å². The number of hydrogen-bond acceptors (Lipinski definition) is 5. The van der Waals surface area contributed by atoms with E-state index < -0.39 is 18.0 Å². The Bertz CT molecular complexity index is 670. The highest BCUT2D eigenvalue weighted by molar-refractivity contribution is 6.22. The van der Waals surface area contributed by atoms with Crippen molar-refractivity contribution >= 4 is 23.5 Å². The number of nitrogens with zero attached hydrogens (tertiary/aromatic N) is 1. The van der Waals surface area contributed by atoms with Gasteiger partial charge in [-0.2, -0.15) is 0 Å². The molecule has 0 aromatic heterocycles. The molecule has 1 aromatic carbocycles. The molecule has 2 heterocycles. The molecule has 2 aliphatic heterocycles. The van der Waals surface area contributed by atoms with Gasteiger partial charge < -0.3 is 20.1 Å². The third-order valence-corrected chi connectivity index (χ3v) is 4.67. The number of nitrogens with one attached hydrogen (secondary N) is 2. The molecule has 0 spiro atoms. The average Bonchev–Trinajstić information content (AvgIpc) is 2.94. The lowest BCUT2D eigenvalue weighted by molar-refractivity contribution is -0.125. The Balaban J connectivity index is 1.54. The van der Waals surface area contributed by atoms with E-state index in [2.05, 4.69) is 10.6 Å². The summed E-state index contributed by atoms with van der Waals surface area (Å²) in [6, 6.07) is 5.23. The molecule has 26 heavy (non-hydrogen) atoms. The number of ether oxygens (including phenoxy) is 2. The largest absolute Gasteiger partial charge is 0.497 e. The molecule has 0 saturated carbocycles. The molecule has 0 aliphatic carbocycles. The molecule has 1 unspecified atom stereocenters. The number of carbonyl (C=O) groups is 3. The van der Waals surface area contributed by atoms with E-state index in [1.165, 1.54) is 7.11 Å².